The van der Waals surface area contributed by atoms with Crippen molar-refractivity contribution in [3.05, 3.63) is 0 Å². The Hall–Kier alpha value is -0.900. The molecule has 2 fully saturated rings. The van der Waals surface area contributed by atoms with Crippen LogP contribution in [0.1, 0.15) is 45.4 Å². The summed E-state index contributed by atoms with van der Waals surface area (Å²) in [6.45, 7) is 3.10. The molecule has 1 N–H and O–H groups in total. The summed E-state index contributed by atoms with van der Waals surface area (Å²) in [6, 6.07) is -0.281. The maximum atomic E-state index is 11.8. The van der Waals surface area contributed by atoms with Gasteiger partial charge in [0.1, 0.15) is 0 Å². The Kier molecular flexibility index (Phi) is 3.52. The molecule has 1 atom stereocenters. The van der Waals surface area contributed by atoms with Crippen molar-refractivity contribution in [2.45, 2.75) is 51.5 Å². The zero-order valence-electron chi connectivity index (χ0n) is 10.8. The van der Waals surface area contributed by atoms with Gasteiger partial charge in [0.25, 0.3) is 0 Å². The monoisotopic (exact) mass is 238 g/mol. The van der Waals surface area contributed by atoms with Crippen molar-refractivity contribution in [2.24, 2.45) is 5.41 Å². The van der Waals surface area contributed by atoms with Gasteiger partial charge in [-0.25, -0.2) is 0 Å². The highest BCUT2D eigenvalue weighted by Crippen LogP contribution is 2.40. The summed E-state index contributed by atoms with van der Waals surface area (Å²) in [6.07, 6.45) is 6.59. The summed E-state index contributed by atoms with van der Waals surface area (Å²) in [4.78, 5) is 24.4. The molecule has 0 spiro atoms. The van der Waals surface area contributed by atoms with Crippen molar-refractivity contribution in [1.29, 1.82) is 0 Å². The first kappa shape index (κ1) is 12.6. The predicted octanol–water partition coefficient (Wildman–Crippen LogP) is 1.30. The maximum Gasteiger partial charge on any atom is 0.246 e. The molecule has 0 bridgehead atoms. The molecule has 2 aliphatic rings. The van der Waals surface area contributed by atoms with Crippen LogP contribution in [0.15, 0.2) is 0 Å². The Balaban J connectivity index is 1.90. The zero-order valence-corrected chi connectivity index (χ0v) is 10.8. The highest BCUT2D eigenvalue weighted by atomic mass is 16.2. The van der Waals surface area contributed by atoms with Crippen LogP contribution in [0.3, 0.4) is 0 Å². The van der Waals surface area contributed by atoms with Gasteiger partial charge in [-0.15, -0.1) is 0 Å². The molecule has 1 aliphatic heterocycles. The van der Waals surface area contributed by atoms with E-state index in [9.17, 15) is 9.59 Å². The molecule has 0 aromatic heterocycles. The Bertz CT molecular complexity index is 321. The lowest BCUT2D eigenvalue weighted by Gasteiger charge is -2.29. The first-order chi connectivity index (χ1) is 8.08. The quantitative estimate of drug-likeness (QED) is 0.751. The van der Waals surface area contributed by atoms with Crippen molar-refractivity contribution in [2.75, 3.05) is 13.6 Å². The van der Waals surface area contributed by atoms with Crippen LogP contribution in [0.25, 0.3) is 0 Å². The molecule has 1 saturated carbocycles. The topological polar surface area (TPSA) is 49.4 Å². The van der Waals surface area contributed by atoms with Crippen LogP contribution in [0.4, 0.5) is 0 Å². The Morgan fingerprint density at radius 1 is 1.35 bits per heavy atom. The van der Waals surface area contributed by atoms with Gasteiger partial charge in [0, 0.05) is 13.6 Å². The Morgan fingerprint density at radius 3 is 2.47 bits per heavy atom. The SMILES string of the molecule is CCC1(CNC2CC(=O)N(C)C2=O)CCCC1. The van der Waals surface area contributed by atoms with Crippen LogP contribution in [0.5, 0.6) is 0 Å². The largest absolute Gasteiger partial charge is 0.305 e. The number of likely N-dealkylation sites (N-methyl/N-ethyl adjacent to an activating group) is 1. The highest BCUT2D eigenvalue weighted by Gasteiger charge is 2.38. The maximum absolute atomic E-state index is 11.8. The summed E-state index contributed by atoms with van der Waals surface area (Å²) in [7, 11) is 1.57. The summed E-state index contributed by atoms with van der Waals surface area (Å²) in [5.41, 5.74) is 0.366. The minimum Gasteiger partial charge on any atom is -0.305 e. The van der Waals surface area contributed by atoms with Gasteiger partial charge in [0.05, 0.1) is 12.5 Å². The number of imide groups is 1. The number of carbonyl (C=O) groups excluding carboxylic acids is 2. The average Bonchev–Trinajstić information content (AvgIpc) is 2.89. The van der Waals surface area contributed by atoms with Gasteiger partial charge in [-0.1, -0.05) is 19.8 Å². The first-order valence-corrected chi connectivity index (χ1v) is 6.62. The highest BCUT2D eigenvalue weighted by molar-refractivity contribution is 6.05. The fraction of sp³-hybridized carbons (Fsp3) is 0.846. The van der Waals surface area contributed by atoms with E-state index in [0.29, 0.717) is 11.8 Å². The molecule has 1 heterocycles. The van der Waals surface area contributed by atoms with Crippen molar-refractivity contribution in [1.82, 2.24) is 10.2 Å². The Morgan fingerprint density at radius 2 is 2.00 bits per heavy atom. The van der Waals surface area contributed by atoms with E-state index < -0.39 is 0 Å². The number of rotatable bonds is 4. The second-order valence-electron chi connectivity index (χ2n) is 5.49. The van der Waals surface area contributed by atoms with Gasteiger partial charge < -0.3 is 5.32 Å². The minimum atomic E-state index is -0.281. The lowest BCUT2D eigenvalue weighted by Crippen LogP contribution is -2.42. The van der Waals surface area contributed by atoms with E-state index in [0.717, 1.165) is 13.0 Å². The predicted molar refractivity (Wildman–Crippen MR) is 65.4 cm³/mol. The van der Waals surface area contributed by atoms with Gasteiger partial charge in [0.2, 0.25) is 11.8 Å². The van der Waals surface area contributed by atoms with Crippen LogP contribution in [0.2, 0.25) is 0 Å². The first-order valence-electron chi connectivity index (χ1n) is 6.62. The van der Waals surface area contributed by atoms with E-state index in [1.807, 2.05) is 0 Å². The molecule has 0 aromatic carbocycles. The van der Waals surface area contributed by atoms with E-state index in [1.165, 1.54) is 30.6 Å². The minimum absolute atomic E-state index is 0.0653. The third-order valence-corrected chi connectivity index (χ3v) is 4.52. The molecule has 0 radical (unpaired) electrons. The van der Waals surface area contributed by atoms with Crippen LogP contribution in [-0.4, -0.2) is 36.3 Å². The molecular weight excluding hydrogens is 216 g/mol. The van der Waals surface area contributed by atoms with Gasteiger partial charge in [-0.05, 0) is 24.7 Å². The summed E-state index contributed by atoms with van der Waals surface area (Å²) in [5, 5.41) is 3.31. The molecule has 1 unspecified atom stereocenters. The van der Waals surface area contributed by atoms with E-state index in [2.05, 4.69) is 12.2 Å². The Labute approximate surface area is 103 Å². The molecule has 17 heavy (non-hydrogen) atoms. The normalized spacial score (nSPS) is 28.1. The third kappa shape index (κ3) is 2.37. The number of likely N-dealkylation sites (tertiary alicyclic amines) is 1. The van der Waals surface area contributed by atoms with E-state index >= 15 is 0 Å². The van der Waals surface area contributed by atoms with Crippen LogP contribution in [-0.2, 0) is 9.59 Å². The van der Waals surface area contributed by atoms with Crippen LogP contribution in [0, 0.1) is 5.41 Å². The standard InChI is InChI=1S/C13H22N2O2/c1-3-13(6-4-5-7-13)9-14-10-8-11(16)15(2)12(10)17/h10,14H,3-9H2,1-2H3. The van der Waals surface area contributed by atoms with Gasteiger partial charge in [0.15, 0.2) is 0 Å². The molecule has 2 amide bonds. The molecule has 4 heteroatoms. The summed E-state index contributed by atoms with van der Waals surface area (Å²) in [5.74, 6) is -0.135. The molecule has 1 saturated heterocycles. The van der Waals surface area contributed by atoms with Crippen molar-refractivity contribution >= 4 is 11.8 Å². The second kappa shape index (κ2) is 4.77. The number of nitrogens with one attached hydrogen (secondary N) is 1. The number of amides is 2. The second-order valence-corrected chi connectivity index (χ2v) is 5.49. The van der Waals surface area contributed by atoms with Gasteiger partial charge in [-0.2, -0.15) is 0 Å². The van der Waals surface area contributed by atoms with Crippen molar-refractivity contribution < 1.29 is 9.59 Å². The van der Waals surface area contributed by atoms with Crippen LogP contribution < -0.4 is 5.32 Å². The smallest absolute Gasteiger partial charge is 0.246 e. The van der Waals surface area contributed by atoms with E-state index in [4.69, 9.17) is 0 Å². The lowest BCUT2D eigenvalue weighted by atomic mass is 9.83. The summed E-state index contributed by atoms with van der Waals surface area (Å²) < 4.78 is 0. The van der Waals surface area contributed by atoms with Crippen molar-refractivity contribution in [3.63, 3.8) is 0 Å². The zero-order chi connectivity index (χ0) is 12.5. The van der Waals surface area contributed by atoms with Crippen molar-refractivity contribution in [3.8, 4) is 0 Å². The molecule has 1 aliphatic carbocycles. The number of hydrogen-bond acceptors (Lipinski definition) is 3. The molecule has 2 rings (SSSR count). The third-order valence-electron chi connectivity index (χ3n) is 4.52. The molecule has 0 aromatic rings. The molecule has 4 nitrogen and oxygen atoms in total. The average molecular weight is 238 g/mol. The van der Waals surface area contributed by atoms with Gasteiger partial charge in [-0.3, -0.25) is 14.5 Å². The van der Waals surface area contributed by atoms with E-state index in [-0.39, 0.29) is 17.9 Å². The fourth-order valence-electron chi connectivity index (χ4n) is 3.04. The fourth-order valence-corrected chi connectivity index (χ4v) is 3.04. The number of hydrogen-bond donors (Lipinski definition) is 1. The lowest BCUT2D eigenvalue weighted by molar-refractivity contribution is -0.137. The van der Waals surface area contributed by atoms with E-state index in [1.54, 1.807) is 7.05 Å². The molecule has 96 valence electrons. The number of nitrogens with zero attached hydrogens (tertiary/aromatic N) is 1. The number of carbonyl (C=O) groups is 2. The summed E-state index contributed by atoms with van der Waals surface area (Å²) >= 11 is 0. The molecular formula is C13H22N2O2. The van der Waals surface area contributed by atoms with Crippen LogP contribution >= 0.6 is 0 Å². The van der Waals surface area contributed by atoms with Gasteiger partial charge >= 0.3 is 0 Å².